The van der Waals surface area contributed by atoms with E-state index in [1.807, 2.05) is 0 Å². The van der Waals surface area contributed by atoms with Gasteiger partial charge in [0.2, 0.25) is 5.91 Å². The number of amides is 1. The average Bonchev–Trinajstić information content (AvgIpc) is 2.81. The topological polar surface area (TPSA) is 107 Å². The molecule has 0 atom stereocenters. The highest BCUT2D eigenvalue weighted by Gasteiger charge is 2.21. The molecule has 0 aliphatic heterocycles. The number of hydrogen-bond donors (Lipinski definition) is 1. The van der Waals surface area contributed by atoms with Gasteiger partial charge in [-0.2, -0.15) is 5.10 Å². The summed E-state index contributed by atoms with van der Waals surface area (Å²) in [4.78, 5) is 33.9. The van der Waals surface area contributed by atoms with E-state index < -0.39 is 4.92 Å². The van der Waals surface area contributed by atoms with Crippen molar-refractivity contribution in [1.82, 2.24) is 9.78 Å². The Balaban J connectivity index is 1.91. The van der Waals surface area contributed by atoms with Crippen LogP contribution in [-0.2, 0) is 11.3 Å². The summed E-state index contributed by atoms with van der Waals surface area (Å²) in [6, 6.07) is 6.74. The van der Waals surface area contributed by atoms with Gasteiger partial charge in [0.15, 0.2) is 5.78 Å². The first-order valence-corrected chi connectivity index (χ1v) is 7.89. The number of nitrogens with one attached hydrogen (secondary N) is 1. The molecule has 0 spiro atoms. The van der Waals surface area contributed by atoms with Crippen LogP contribution in [0.25, 0.3) is 0 Å². The van der Waals surface area contributed by atoms with Crippen LogP contribution in [0.3, 0.4) is 0 Å². The molecule has 2 rings (SSSR count). The summed E-state index contributed by atoms with van der Waals surface area (Å²) in [6.07, 6.45) is 0.744. The maximum absolute atomic E-state index is 12.0. The van der Waals surface area contributed by atoms with Crippen molar-refractivity contribution in [2.75, 3.05) is 5.32 Å². The van der Waals surface area contributed by atoms with Gasteiger partial charge in [0, 0.05) is 24.2 Å². The monoisotopic (exact) mass is 344 g/mol. The average molecular weight is 344 g/mol. The first-order valence-electron chi connectivity index (χ1n) is 7.89. The lowest BCUT2D eigenvalue weighted by Crippen LogP contribution is -2.13. The minimum atomic E-state index is -0.442. The van der Waals surface area contributed by atoms with Crippen LogP contribution in [0.1, 0.15) is 41.5 Å². The Morgan fingerprint density at radius 2 is 2.04 bits per heavy atom. The minimum absolute atomic E-state index is 0.0190. The number of aromatic nitrogens is 2. The number of anilines is 1. The number of carbonyl (C=O) groups excluding carboxylic acids is 2. The van der Waals surface area contributed by atoms with Crippen LogP contribution in [0.15, 0.2) is 24.3 Å². The minimum Gasteiger partial charge on any atom is -0.326 e. The van der Waals surface area contributed by atoms with Gasteiger partial charge in [-0.3, -0.25) is 24.4 Å². The number of benzene rings is 1. The number of hydrogen-bond acceptors (Lipinski definition) is 5. The molecule has 8 heteroatoms. The van der Waals surface area contributed by atoms with Crippen LogP contribution in [0.2, 0.25) is 0 Å². The summed E-state index contributed by atoms with van der Waals surface area (Å²) in [7, 11) is 0. The van der Waals surface area contributed by atoms with Gasteiger partial charge in [-0.15, -0.1) is 0 Å². The maximum atomic E-state index is 12.0. The standard InChI is InChI=1S/C17H20N4O4/c1-11-17(21(24)25)12(2)20(19-11)9-5-8-16(23)18-15-7-4-6-14(10-15)13(3)22/h4,6-7,10H,5,8-9H2,1-3H3,(H,18,23). The van der Waals surface area contributed by atoms with Crippen molar-refractivity contribution in [2.45, 2.75) is 40.2 Å². The van der Waals surface area contributed by atoms with Gasteiger partial charge in [-0.1, -0.05) is 12.1 Å². The molecule has 2 aromatic rings. The first kappa shape index (κ1) is 18.3. The molecule has 1 aromatic heterocycles. The summed E-state index contributed by atoms with van der Waals surface area (Å²) in [5.74, 6) is -0.251. The van der Waals surface area contributed by atoms with Gasteiger partial charge in [0.25, 0.3) is 0 Å². The highest BCUT2D eigenvalue weighted by molar-refractivity contribution is 5.97. The highest BCUT2D eigenvalue weighted by atomic mass is 16.6. The lowest BCUT2D eigenvalue weighted by Gasteiger charge is -2.07. The molecule has 0 bridgehead atoms. The third-order valence-corrected chi connectivity index (χ3v) is 3.85. The molecule has 1 N–H and O–H groups in total. The molecule has 8 nitrogen and oxygen atoms in total. The Labute approximate surface area is 145 Å². The van der Waals surface area contributed by atoms with E-state index in [9.17, 15) is 19.7 Å². The predicted octanol–water partition coefficient (Wildman–Crippen LogP) is 3.03. The third-order valence-electron chi connectivity index (χ3n) is 3.85. The zero-order valence-electron chi connectivity index (χ0n) is 14.4. The zero-order valence-corrected chi connectivity index (χ0v) is 14.4. The molecule has 1 heterocycles. The van der Waals surface area contributed by atoms with E-state index in [4.69, 9.17) is 0 Å². The largest absolute Gasteiger partial charge is 0.326 e. The molecule has 0 unspecified atom stereocenters. The van der Waals surface area contributed by atoms with E-state index in [-0.39, 0.29) is 23.8 Å². The molecular formula is C17H20N4O4. The highest BCUT2D eigenvalue weighted by Crippen LogP contribution is 2.22. The van der Waals surface area contributed by atoms with E-state index in [0.717, 1.165) is 0 Å². The quantitative estimate of drug-likeness (QED) is 0.472. The van der Waals surface area contributed by atoms with Crippen LogP contribution in [0, 0.1) is 24.0 Å². The molecule has 0 fully saturated rings. The summed E-state index contributed by atoms with van der Waals surface area (Å²) in [6.45, 7) is 5.12. The molecule has 0 radical (unpaired) electrons. The third kappa shape index (κ3) is 4.50. The van der Waals surface area contributed by atoms with Crippen molar-refractivity contribution >= 4 is 23.1 Å². The Morgan fingerprint density at radius 1 is 1.32 bits per heavy atom. The van der Waals surface area contributed by atoms with E-state index in [1.54, 1.807) is 42.8 Å². The summed E-state index contributed by atoms with van der Waals surface area (Å²) < 4.78 is 1.55. The van der Waals surface area contributed by atoms with Crippen molar-refractivity contribution in [1.29, 1.82) is 0 Å². The van der Waals surface area contributed by atoms with Crippen LogP contribution < -0.4 is 5.32 Å². The smallest absolute Gasteiger partial charge is 0.312 e. The lowest BCUT2D eigenvalue weighted by atomic mass is 10.1. The fourth-order valence-electron chi connectivity index (χ4n) is 2.60. The summed E-state index contributed by atoms with van der Waals surface area (Å²) in [5.41, 5.74) is 1.97. The Kier molecular flexibility index (Phi) is 5.63. The number of carbonyl (C=O) groups is 2. The van der Waals surface area contributed by atoms with Crippen LogP contribution >= 0.6 is 0 Å². The second-order valence-electron chi connectivity index (χ2n) is 5.79. The molecule has 1 amide bonds. The number of nitro groups is 1. The van der Waals surface area contributed by atoms with E-state index in [2.05, 4.69) is 10.4 Å². The number of aryl methyl sites for hydroxylation is 2. The van der Waals surface area contributed by atoms with E-state index in [1.165, 1.54) is 6.92 Å². The second-order valence-corrected chi connectivity index (χ2v) is 5.79. The van der Waals surface area contributed by atoms with Crippen molar-refractivity contribution < 1.29 is 14.5 Å². The van der Waals surface area contributed by atoms with Gasteiger partial charge in [0.1, 0.15) is 11.4 Å². The van der Waals surface area contributed by atoms with Gasteiger partial charge in [0.05, 0.1) is 4.92 Å². The molecule has 25 heavy (non-hydrogen) atoms. The van der Waals surface area contributed by atoms with Gasteiger partial charge in [-0.25, -0.2) is 0 Å². The zero-order chi connectivity index (χ0) is 18.6. The van der Waals surface area contributed by atoms with E-state index >= 15 is 0 Å². The van der Waals surface area contributed by atoms with Crippen molar-refractivity contribution in [2.24, 2.45) is 0 Å². The van der Waals surface area contributed by atoms with Crippen LogP contribution in [0.4, 0.5) is 11.4 Å². The summed E-state index contributed by atoms with van der Waals surface area (Å²) in [5, 5.41) is 17.9. The van der Waals surface area contributed by atoms with E-state index in [0.29, 0.717) is 35.6 Å². The molecule has 1 aromatic carbocycles. The molecule has 132 valence electrons. The molecule has 0 saturated carbocycles. The normalized spacial score (nSPS) is 10.5. The van der Waals surface area contributed by atoms with Crippen LogP contribution in [0.5, 0.6) is 0 Å². The Morgan fingerprint density at radius 3 is 2.64 bits per heavy atom. The van der Waals surface area contributed by atoms with Crippen LogP contribution in [-0.4, -0.2) is 26.4 Å². The second kappa shape index (κ2) is 7.69. The Bertz CT molecular complexity index is 826. The Hall–Kier alpha value is -3.03. The fraction of sp³-hybridized carbons (Fsp3) is 0.353. The number of ketones is 1. The molecule has 0 saturated heterocycles. The number of Topliss-reactive ketones (excluding diaryl/α,β-unsaturated/α-hetero) is 1. The van der Waals surface area contributed by atoms with Gasteiger partial charge >= 0.3 is 5.69 Å². The molecular weight excluding hydrogens is 324 g/mol. The lowest BCUT2D eigenvalue weighted by molar-refractivity contribution is -0.386. The molecule has 0 aliphatic carbocycles. The fourth-order valence-corrected chi connectivity index (χ4v) is 2.60. The van der Waals surface area contributed by atoms with Crippen molar-refractivity contribution in [3.63, 3.8) is 0 Å². The molecule has 0 aliphatic rings. The van der Waals surface area contributed by atoms with Gasteiger partial charge < -0.3 is 5.32 Å². The summed E-state index contributed by atoms with van der Waals surface area (Å²) >= 11 is 0. The first-order chi connectivity index (χ1) is 11.8. The SMILES string of the molecule is CC(=O)c1cccc(NC(=O)CCCn2nc(C)c([N+](=O)[O-])c2C)c1. The van der Waals surface area contributed by atoms with Crippen molar-refractivity contribution in [3.8, 4) is 0 Å². The number of nitrogens with zero attached hydrogens (tertiary/aromatic N) is 3. The van der Waals surface area contributed by atoms with Gasteiger partial charge in [-0.05, 0) is 39.3 Å². The van der Waals surface area contributed by atoms with Crippen molar-refractivity contribution in [3.05, 3.63) is 51.3 Å². The number of rotatable bonds is 7. The predicted molar refractivity (Wildman–Crippen MR) is 92.7 cm³/mol. The maximum Gasteiger partial charge on any atom is 0.312 e.